The Balaban J connectivity index is 1.78. The van der Waals surface area contributed by atoms with E-state index in [2.05, 4.69) is 16.1 Å². The van der Waals surface area contributed by atoms with Crippen molar-refractivity contribution in [1.29, 1.82) is 5.26 Å². The number of amides is 2. The van der Waals surface area contributed by atoms with E-state index in [-0.39, 0.29) is 28.9 Å². The largest absolute Gasteiger partial charge is 0.573 e. The Bertz CT molecular complexity index is 922. The van der Waals surface area contributed by atoms with E-state index >= 15 is 0 Å². The number of ether oxygens (including phenoxy) is 2. The van der Waals surface area contributed by atoms with Gasteiger partial charge in [0.05, 0.1) is 11.0 Å². The Morgan fingerprint density at radius 2 is 1.91 bits per heavy atom. The molecule has 32 heavy (non-hydrogen) atoms. The molecule has 7 nitrogen and oxygen atoms in total. The van der Waals surface area contributed by atoms with Crippen LogP contribution in [0.15, 0.2) is 29.2 Å². The Morgan fingerprint density at radius 1 is 1.25 bits per heavy atom. The number of nitrogens with one attached hydrogen (secondary N) is 1. The van der Waals surface area contributed by atoms with Crippen molar-refractivity contribution < 1.29 is 32.2 Å². The highest BCUT2D eigenvalue weighted by Crippen LogP contribution is 2.40. The molecule has 1 aliphatic carbocycles. The minimum Gasteiger partial charge on any atom is -0.444 e. The molecule has 2 atom stereocenters. The zero-order valence-electron chi connectivity index (χ0n) is 17.9. The number of rotatable bonds is 5. The molecule has 174 valence electrons. The van der Waals surface area contributed by atoms with E-state index in [9.17, 15) is 28.0 Å². The molecule has 0 unspecified atom stereocenters. The van der Waals surface area contributed by atoms with Crippen molar-refractivity contribution in [2.45, 2.75) is 73.7 Å². The number of benzene rings is 1. The Labute approximate surface area is 188 Å². The van der Waals surface area contributed by atoms with Crippen LogP contribution in [-0.2, 0) is 9.53 Å². The van der Waals surface area contributed by atoms with Crippen LogP contribution in [0.5, 0.6) is 5.75 Å². The molecule has 0 radical (unpaired) electrons. The van der Waals surface area contributed by atoms with Crippen molar-refractivity contribution in [3.63, 3.8) is 0 Å². The van der Waals surface area contributed by atoms with Crippen LogP contribution in [-0.4, -0.2) is 52.2 Å². The molecule has 3 rings (SSSR count). The Morgan fingerprint density at radius 3 is 2.47 bits per heavy atom. The summed E-state index contributed by atoms with van der Waals surface area (Å²) in [4.78, 5) is 27.2. The number of hydrogen-bond donors (Lipinski definition) is 1. The molecule has 2 aliphatic rings. The van der Waals surface area contributed by atoms with E-state index in [4.69, 9.17) is 4.74 Å². The third-order valence-electron chi connectivity index (χ3n) is 4.89. The van der Waals surface area contributed by atoms with Gasteiger partial charge in [0.25, 0.3) is 0 Å². The van der Waals surface area contributed by atoms with Crippen LogP contribution in [0.1, 0.15) is 40.0 Å². The first kappa shape index (κ1) is 24.0. The molecule has 0 bridgehead atoms. The number of alkyl halides is 3. The fourth-order valence-electron chi connectivity index (χ4n) is 3.30. The SMILES string of the molecule is CC(C)(C)OC(=O)N1C[C@H](Sc2ccccc2OC(F)(F)F)C[C@H]1C(=O)NC1(C#N)CC1. The second-order valence-electron chi connectivity index (χ2n) is 8.80. The quantitative estimate of drug-likeness (QED) is 0.691. The Kier molecular flexibility index (Phi) is 6.56. The average molecular weight is 472 g/mol. The summed E-state index contributed by atoms with van der Waals surface area (Å²) in [6.45, 7) is 5.18. The molecule has 1 aromatic carbocycles. The number of hydrogen-bond acceptors (Lipinski definition) is 6. The molecule has 1 saturated heterocycles. The van der Waals surface area contributed by atoms with Gasteiger partial charge in [-0.25, -0.2) is 4.79 Å². The highest BCUT2D eigenvalue weighted by atomic mass is 32.2. The van der Waals surface area contributed by atoms with Gasteiger partial charge < -0.3 is 14.8 Å². The lowest BCUT2D eigenvalue weighted by Gasteiger charge is -2.28. The van der Waals surface area contributed by atoms with E-state index in [1.54, 1.807) is 26.8 Å². The normalized spacial score (nSPS) is 22.1. The summed E-state index contributed by atoms with van der Waals surface area (Å²) < 4.78 is 47.8. The summed E-state index contributed by atoms with van der Waals surface area (Å²) in [5.74, 6) is -0.819. The number of carbonyl (C=O) groups is 2. The number of nitrogens with zero attached hydrogens (tertiary/aromatic N) is 2. The number of carbonyl (C=O) groups excluding carboxylic acids is 2. The van der Waals surface area contributed by atoms with Crippen LogP contribution in [0.3, 0.4) is 0 Å². The second-order valence-corrected chi connectivity index (χ2v) is 10.1. The summed E-state index contributed by atoms with van der Waals surface area (Å²) in [6, 6.07) is 6.89. The van der Waals surface area contributed by atoms with Gasteiger partial charge in [-0.1, -0.05) is 12.1 Å². The molecular formula is C21H24F3N3O4S. The standard InChI is InChI=1S/C21H24F3N3O4S/c1-19(2,3)31-18(29)27-11-13(10-14(27)17(28)26-20(12-25)8-9-20)32-16-7-5-4-6-15(16)30-21(22,23)24/h4-7,13-14H,8-11H2,1-3H3,(H,26,28)/t13-,14+/m1/s1. The van der Waals surface area contributed by atoms with E-state index in [0.29, 0.717) is 12.8 Å². The first-order valence-corrected chi connectivity index (χ1v) is 10.9. The van der Waals surface area contributed by atoms with Crippen LogP contribution < -0.4 is 10.1 Å². The molecule has 2 fully saturated rings. The van der Waals surface area contributed by atoms with Crippen LogP contribution in [0, 0.1) is 11.3 Å². The number of para-hydroxylation sites is 1. The van der Waals surface area contributed by atoms with Crippen LogP contribution in [0.2, 0.25) is 0 Å². The highest BCUT2D eigenvalue weighted by Gasteiger charge is 2.49. The summed E-state index contributed by atoms with van der Waals surface area (Å²) in [5.41, 5.74) is -1.70. The Hall–Kier alpha value is -2.61. The van der Waals surface area contributed by atoms with Gasteiger partial charge in [0.1, 0.15) is 22.9 Å². The maximum Gasteiger partial charge on any atom is 0.573 e. The zero-order chi connectivity index (χ0) is 23.7. The first-order valence-electron chi connectivity index (χ1n) is 10.1. The first-order chi connectivity index (χ1) is 14.8. The molecule has 0 aromatic heterocycles. The van der Waals surface area contributed by atoms with Crippen LogP contribution in [0.25, 0.3) is 0 Å². The van der Waals surface area contributed by atoms with Gasteiger partial charge in [-0.2, -0.15) is 5.26 Å². The van der Waals surface area contributed by atoms with Gasteiger partial charge in [-0.3, -0.25) is 9.69 Å². The van der Waals surface area contributed by atoms with Gasteiger partial charge in [0.2, 0.25) is 5.91 Å². The van der Waals surface area contributed by atoms with Crippen LogP contribution >= 0.6 is 11.8 Å². The lowest BCUT2D eigenvalue weighted by Crippen LogP contribution is -2.50. The van der Waals surface area contributed by atoms with Crippen molar-refractivity contribution in [2.24, 2.45) is 0 Å². The number of nitriles is 1. The van der Waals surface area contributed by atoms with Gasteiger partial charge in [0, 0.05) is 11.8 Å². The monoisotopic (exact) mass is 471 g/mol. The summed E-state index contributed by atoms with van der Waals surface area (Å²) in [7, 11) is 0. The van der Waals surface area contributed by atoms with E-state index in [0.717, 1.165) is 11.8 Å². The van der Waals surface area contributed by atoms with E-state index in [1.807, 2.05) is 0 Å². The molecule has 1 saturated carbocycles. The predicted octanol–water partition coefficient (Wildman–Crippen LogP) is 4.23. The minimum atomic E-state index is -4.84. The fourth-order valence-corrected chi connectivity index (χ4v) is 4.55. The molecule has 1 aliphatic heterocycles. The number of thioether (sulfide) groups is 1. The third-order valence-corrected chi connectivity index (χ3v) is 6.15. The van der Waals surface area contributed by atoms with Crippen LogP contribution in [0.4, 0.5) is 18.0 Å². The lowest BCUT2D eigenvalue weighted by molar-refractivity contribution is -0.275. The summed E-state index contributed by atoms with van der Waals surface area (Å²) >= 11 is 1.10. The molecule has 2 amide bonds. The van der Waals surface area contributed by atoms with Gasteiger partial charge in [-0.05, 0) is 52.2 Å². The maximum absolute atomic E-state index is 12.9. The minimum absolute atomic E-state index is 0.0948. The second kappa shape index (κ2) is 8.73. The third kappa shape index (κ3) is 6.22. The molecule has 1 aromatic rings. The van der Waals surface area contributed by atoms with E-state index < -0.39 is 35.5 Å². The average Bonchev–Trinajstić information content (AvgIpc) is 3.30. The van der Waals surface area contributed by atoms with Gasteiger partial charge in [0.15, 0.2) is 0 Å². The molecule has 1 heterocycles. The predicted molar refractivity (Wildman–Crippen MR) is 110 cm³/mol. The van der Waals surface area contributed by atoms with Crippen molar-refractivity contribution in [1.82, 2.24) is 10.2 Å². The van der Waals surface area contributed by atoms with Crippen molar-refractivity contribution in [3.05, 3.63) is 24.3 Å². The molecule has 1 N–H and O–H groups in total. The molecular weight excluding hydrogens is 447 g/mol. The number of halogens is 3. The fraction of sp³-hybridized carbons (Fsp3) is 0.571. The molecule has 0 spiro atoms. The summed E-state index contributed by atoms with van der Waals surface area (Å²) in [6.07, 6.45) is -4.27. The molecule has 11 heteroatoms. The van der Waals surface area contributed by atoms with Crippen molar-refractivity contribution >= 4 is 23.8 Å². The smallest absolute Gasteiger partial charge is 0.444 e. The highest BCUT2D eigenvalue weighted by molar-refractivity contribution is 8.00. The van der Waals surface area contributed by atoms with E-state index in [1.165, 1.54) is 23.1 Å². The van der Waals surface area contributed by atoms with Crippen molar-refractivity contribution in [2.75, 3.05) is 6.54 Å². The van der Waals surface area contributed by atoms with Gasteiger partial charge >= 0.3 is 12.5 Å². The zero-order valence-corrected chi connectivity index (χ0v) is 18.7. The summed E-state index contributed by atoms with van der Waals surface area (Å²) in [5, 5.41) is 11.6. The topological polar surface area (TPSA) is 91.7 Å². The lowest BCUT2D eigenvalue weighted by atomic mass is 10.2. The maximum atomic E-state index is 12.9. The van der Waals surface area contributed by atoms with Gasteiger partial charge in [-0.15, -0.1) is 24.9 Å². The van der Waals surface area contributed by atoms with Crippen molar-refractivity contribution in [3.8, 4) is 11.8 Å². The number of likely N-dealkylation sites (tertiary alicyclic amines) is 1.